The molecule has 2 aliphatic rings. The Kier molecular flexibility index (Phi) is 5.21. The smallest absolute Gasteiger partial charge is 0.0696 e. The highest BCUT2D eigenvalue weighted by Gasteiger charge is 2.26. The first-order valence-corrected chi connectivity index (χ1v) is 7.90. The summed E-state index contributed by atoms with van der Waals surface area (Å²) >= 11 is 2.60. The van der Waals surface area contributed by atoms with Gasteiger partial charge in [0.25, 0.3) is 0 Å². The molecule has 0 heterocycles. The molecule has 2 saturated carbocycles. The minimum atomic E-state index is 0.572. The summed E-state index contributed by atoms with van der Waals surface area (Å²) < 4.78 is 7.09. The highest BCUT2D eigenvalue weighted by Crippen LogP contribution is 2.30. The van der Waals surface area contributed by atoms with Gasteiger partial charge < -0.3 is 4.74 Å². The van der Waals surface area contributed by atoms with Gasteiger partial charge in [-0.2, -0.15) is 0 Å². The van der Waals surface area contributed by atoms with Gasteiger partial charge in [0.05, 0.1) is 12.2 Å². The van der Waals surface area contributed by atoms with Crippen LogP contribution >= 0.6 is 22.6 Å². The van der Waals surface area contributed by atoms with Crippen molar-refractivity contribution in [2.45, 2.75) is 80.3 Å². The van der Waals surface area contributed by atoms with Gasteiger partial charge in [0.15, 0.2) is 0 Å². The quantitative estimate of drug-likeness (QED) is 0.414. The van der Waals surface area contributed by atoms with Crippen molar-refractivity contribution in [3.63, 3.8) is 0 Å². The molecule has 88 valence electrons. The van der Waals surface area contributed by atoms with Crippen LogP contribution in [0.1, 0.15) is 64.2 Å². The summed E-state index contributed by atoms with van der Waals surface area (Å²) in [5.41, 5.74) is 0. The zero-order valence-electron chi connectivity index (χ0n) is 9.59. The number of halogens is 1. The van der Waals surface area contributed by atoms with Crippen molar-refractivity contribution in [3.8, 4) is 0 Å². The van der Waals surface area contributed by atoms with Gasteiger partial charge in [-0.05, 0) is 25.7 Å². The van der Waals surface area contributed by atoms with E-state index in [9.17, 15) is 0 Å². The molecule has 0 aliphatic heterocycles. The maximum absolute atomic E-state index is 6.32. The van der Waals surface area contributed by atoms with E-state index in [0.29, 0.717) is 12.2 Å². The van der Waals surface area contributed by atoms with E-state index in [2.05, 4.69) is 22.6 Å². The molecule has 0 amide bonds. The van der Waals surface area contributed by atoms with Crippen molar-refractivity contribution < 1.29 is 4.74 Å². The maximum Gasteiger partial charge on any atom is 0.0696 e. The first-order chi connectivity index (χ1) is 7.36. The number of hydrogen-bond acceptors (Lipinski definition) is 1. The first kappa shape index (κ1) is 12.2. The molecule has 2 unspecified atom stereocenters. The summed E-state index contributed by atoms with van der Waals surface area (Å²) in [5.74, 6) is 0. The van der Waals surface area contributed by atoms with E-state index < -0.39 is 0 Å². The molecule has 2 heteroatoms. The molecular weight excluding hydrogens is 299 g/mol. The Labute approximate surface area is 107 Å². The van der Waals surface area contributed by atoms with Crippen molar-refractivity contribution in [1.29, 1.82) is 0 Å². The van der Waals surface area contributed by atoms with Gasteiger partial charge in [0.2, 0.25) is 0 Å². The lowest BCUT2D eigenvalue weighted by molar-refractivity contribution is -0.0298. The van der Waals surface area contributed by atoms with Crippen molar-refractivity contribution in [2.75, 3.05) is 0 Å². The number of hydrogen-bond donors (Lipinski definition) is 0. The summed E-state index contributed by atoms with van der Waals surface area (Å²) in [6.45, 7) is 0. The molecule has 0 saturated heterocycles. The zero-order chi connectivity index (χ0) is 10.5. The predicted octanol–water partition coefficient (Wildman–Crippen LogP) is 4.47. The fourth-order valence-corrected chi connectivity index (χ4v) is 3.80. The van der Waals surface area contributed by atoms with Crippen LogP contribution in [0.3, 0.4) is 0 Å². The van der Waals surface area contributed by atoms with Gasteiger partial charge in [-0.15, -0.1) is 0 Å². The molecule has 2 rings (SSSR count). The summed E-state index contributed by atoms with van der Waals surface area (Å²) in [6, 6.07) is 0. The van der Waals surface area contributed by atoms with Crippen molar-refractivity contribution in [3.05, 3.63) is 0 Å². The molecule has 0 aromatic carbocycles. The second-order valence-corrected chi connectivity index (χ2v) is 6.69. The number of rotatable bonds is 2. The normalized spacial score (nSPS) is 35.0. The lowest BCUT2D eigenvalue weighted by Gasteiger charge is -2.31. The van der Waals surface area contributed by atoms with Gasteiger partial charge in [0, 0.05) is 3.92 Å². The molecule has 0 N–H and O–H groups in total. The van der Waals surface area contributed by atoms with E-state index in [1.54, 1.807) is 0 Å². The summed E-state index contributed by atoms with van der Waals surface area (Å²) in [7, 11) is 0. The Morgan fingerprint density at radius 3 is 2.00 bits per heavy atom. The Morgan fingerprint density at radius 2 is 1.33 bits per heavy atom. The highest BCUT2D eigenvalue weighted by atomic mass is 127. The zero-order valence-corrected chi connectivity index (χ0v) is 11.7. The summed E-state index contributed by atoms with van der Waals surface area (Å²) in [5, 5.41) is 0. The van der Waals surface area contributed by atoms with Crippen LogP contribution in [0.15, 0.2) is 0 Å². The Hall–Kier alpha value is 0.690. The van der Waals surface area contributed by atoms with E-state index >= 15 is 0 Å². The lowest BCUT2D eigenvalue weighted by atomic mass is 9.97. The third kappa shape index (κ3) is 3.88. The number of alkyl halides is 1. The van der Waals surface area contributed by atoms with Gasteiger partial charge >= 0.3 is 0 Å². The Balaban J connectivity index is 1.78. The molecule has 15 heavy (non-hydrogen) atoms. The van der Waals surface area contributed by atoms with E-state index in [4.69, 9.17) is 4.74 Å². The second-order valence-electron chi connectivity index (χ2n) is 5.09. The molecule has 0 aromatic rings. The van der Waals surface area contributed by atoms with Gasteiger partial charge in [0.1, 0.15) is 0 Å². The third-order valence-electron chi connectivity index (χ3n) is 3.79. The van der Waals surface area contributed by atoms with Crippen LogP contribution in [0.5, 0.6) is 0 Å². The average molecular weight is 322 g/mol. The molecule has 0 bridgehead atoms. The molecule has 0 radical (unpaired) electrons. The van der Waals surface area contributed by atoms with Crippen LogP contribution in [-0.2, 0) is 4.74 Å². The second kappa shape index (κ2) is 6.43. The predicted molar refractivity (Wildman–Crippen MR) is 72.6 cm³/mol. The summed E-state index contributed by atoms with van der Waals surface area (Å²) in [4.78, 5) is 0. The topological polar surface area (TPSA) is 9.23 Å². The molecular formula is C13H23IO. The van der Waals surface area contributed by atoms with Crippen LogP contribution in [-0.4, -0.2) is 16.1 Å². The van der Waals surface area contributed by atoms with E-state index in [1.807, 2.05) is 0 Å². The monoisotopic (exact) mass is 322 g/mol. The maximum atomic E-state index is 6.32. The van der Waals surface area contributed by atoms with Gasteiger partial charge in [-0.3, -0.25) is 0 Å². The average Bonchev–Trinajstić information content (AvgIpc) is 2.50. The largest absolute Gasteiger partial charge is 0.374 e. The SMILES string of the molecule is IC1CCCCC1OC1CCCCCC1. The van der Waals surface area contributed by atoms with Gasteiger partial charge in [-0.25, -0.2) is 0 Å². The van der Waals surface area contributed by atoms with Crippen LogP contribution in [0.4, 0.5) is 0 Å². The lowest BCUT2D eigenvalue weighted by Crippen LogP contribution is -2.32. The first-order valence-electron chi connectivity index (χ1n) is 6.66. The minimum Gasteiger partial charge on any atom is -0.374 e. The van der Waals surface area contributed by atoms with Crippen LogP contribution in [0.25, 0.3) is 0 Å². The molecule has 2 atom stereocenters. The third-order valence-corrected chi connectivity index (χ3v) is 5.22. The molecule has 2 fully saturated rings. The van der Waals surface area contributed by atoms with E-state index in [0.717, 1.165) is 3.92 Å². The minimum absolute atomic E-state index is 0.572. The van der Waals surface area contributed by atoms with Crippen molar-refractivity contribution in [2.24, 2.45) is 0 Å². The van der Waals surface area contributed by atoms with Crippen molar-refractivity contribution in [1.82, 2.24) is 0 Å². The van der Waals surface area contributed by atoms with Crippen molar-refractivity contribution >= 4 is 22.6 Å². The molecule has 0 spiro atoms. The van der Waals surface area contributed by atoms with Crippen LogP contribution < -0.4 is 0 Å². The number of ether oxygens (including phenoxy) is 1. The summed E-state index contributed by atoms with van der Waals surface area (Å²) in [6.07, 6.45) is 14.9. The van der Waals surface area contributed by atoms with E-state index in [1.165, 1.54) is 64.2 Å². The molecule has 1 nitrogen and oxygen atoms in total. The van der Waals surface area contributed by atoms with E-state index in [-0.39, 0.29) is 0 Å². The Morgan fingerprint density at radius 1 is 0.733 bits per heavy atom. The van der Waals surface area contributed by atoms with Crippen LogP contribution in [0.2, 0.25) is 0 Å². The van der Waals surface area contributed by atoms with Gasteiger partial charge in [-0.1, -0.05) is 61.1 Å². The molecule has 0 aromatic heterocycles. The fourth-order valence-electron chi connectivity index (χ4n) is 2.83. The highest BCUT2D eigenvalue weighted by molar-refractivity contribution is 14.1. The van der Waals surface area contributed by atoms with Crippen LogP contribution in [0, 0.1) is 0 Å². The Bertz CT molecular complexity index is 175. The molecule has 2 aliphatic carbocycles. The standard InChI is InChI=1S/C13H23IO/c14-12-9-5-6-10-13(12)15-11-7-3-1-2-4-8-11/h11-13H,1-10H2. The fraction of sp³-hybridized carbons (Fsp3) is 1.00.